The van der Waals surface area contributed by atoms with Crippen LogP contribution in [0.2, 0.25) is 0 Å². The Labute approximate surface area is 157 Å². The highest BCUT2D eigenvalue weighted by atomic mass is 32.2. The quantitative estimate of drug-likeness (QED) is 0.727. The fourth-order valence-electron chi connectivity index (χ4n) is 3.36. The van der Waals surface area contributed by atoms with Crippen LogP contribution in [0.5, 0.6) is 0 Å². The van der Waals surface area contributed by atoms with Crippen molar-refractivity contribution in [3.05, 3.63) is 76.0 Å². The summed E-state index contributed by atoms with van der Waals surface area (Å²) in [5.41, 5.74) is 7.23. The number of anilines is 1. The minimum absolute atomic E-state index is 0.0892. The topological polar surface area (TPSA) is 46.9 Å². The van der Waals surface area contributed by atoms with Gasteiger partial charge in [0.15, 0.2) is 0 Å². The Morgan fingerprint density at radius 2 is 1.88 bits per heavy atom. The SMILES string of the molecule is Cc1ccc(-n2nc3c(c2NC(=O)c2ccccc2C)CSC3)c(C)c1. The van der Waals surface area contributed by atoms with Crippen LogP contribution in [-0.2, 0) is 11.5 Å². The van der Waals surface area contributed by atoms with Crippen LogP contribution < -0.4 is 5.32 Å². The molecule has 0 spiro atoms. The number of thioether (sulfide) groups is 1. The van der Waals surface area contributed by atoms with Crippen molar-refractivity contribution in [2.24, 2.45) is 0 Å². The summed E-state index contributed by atoms with van der Waals surface area (Å²) in [6.45, 7) is 6.12. The lowest BCUT2D eigenvalue weighted by Gasteiger charge is -2.14. The van der Waals surface area contributed by atoms with E-state index in [0.29, 0.717) is 5.56 Å². The Kier molecular flexibility index (Phi) is 4.32. The van der Waals surface area contributed by atoms with Gasteiger partial charge in [0, 0.05) is 22.6 Å². The summed E-state index contributed by atoms with van der Waals surface area (Å²) in [4.78, 5) is 12.9. The first-order valence-electron chi connectivity index (χ1n) is 8.67. The summed E-state index contributed by atoms with van der Waals surface area (Å²) in [7, 11) is 0. The smallest absolute Gasteiger partial charge is 0.257 e. The summed E-state index contributed by atoms with van der Waals surface area (Å²) in [5.74, 6) is 2.48. The molecule has 0 saturated carbocycles. The maximum absolute atomic E-state index is 12.9. The number of carbonyl (C=O) groups excluding carboxylic acids is 1. The number of amides is 1. The second kappa shape index (κ2) is 6.65. The lowest BCUT2D eigenvalue weighted by molar-refractivity contribution is 0.102. The molecule has 1 aliphatic heterocycles. The molecule has 1 amide bonds. The summed E-state index contributed by atoms with van der Waals surface area (Å²) in [5, 5.41) is 7.94. The molecular formula is C21H21N3OS. The number of aromatic nitrogens is 2. The molecule has 5 heteroatoms. The molecule has 4 rings (SSSR count). The van der Waals surface area contributed by atoms with Crippen molar-refractivity contribution in [1.29, 1.82) is 0 Å². The first-order chi connectivity index (χ1) is 12.5. The molecule has 0 saturated heterocycles. The van der Waals surface area contributed by atoms with E-state index in [1.807, 2.05) is 47.6 Å². The maximum Gasteiger partial charge on any atom is 0.257 e. The number of aryl methyl sites for hydroxylation is 3. The molecule has 4 nitrogen and oxygen atoms in total. The van der Waals surface area contributed by atoms with Crippen LogP contribution in [0.25, 0.3) is 5.69 Å². The van der Waals surface area contributed by atoms with Crippen LogP contribution in [0.3, 0.4) is 0 Å². The van der Waals surface area contributed by atoms with Crippen molar-refractivity contribution in [1.82, 2.24) is 9.78 Å². The summed E-state index contributed by atoms with van der Waals surface area (Å²) in [6, 6.07) is 13.9. The zero-order valence-corrected chi connectivity index (χ0v) is 16.0. The first kappa shape index (κ1) is 16.9. The Bertz CT molecular complexity index is 1010. The Balaban J connectivity index is 1.78. The number of hydrogen-bond acceptors (Lipinski definition) is 3. The molecule has 132 valence electrons. The molecule has 0 aliphatic carbocycles. The molecule has 2 aromatic carbocycles. The van der Waals surface area contributed by atoms with Crippen LogP contribution in [0.1, 0.15) is 38.3 Å². The van der Waals surface area contributed by atoms with Crippen LogP contribution in [0.15, 0.2) is 42.5 Å². The fraction of sp³-hybridized carbons (Fsp3) is 0.238. The van der Waals surface area contributed by atoms with E-state index in [-0.39, 0.29) is 5.91 Å². The molecular weight excluding hydrogens is 342 g/mol. The van der Waals surface area contributed by atoms with Crippen molar-refractivity contribution in [2.45, 2.75) is 32.3 Å². The largest absolute Gasteiger partial charge is 0.306 e. The van der Waals surface area contributed by atoms with Gasteiger partial charge in [-0.15, -0.1) is 0 Å². The van der Waals surface area contributed by atoms with Crippen LogP contribution >= 0.6 is 11.8 Å². The molecule has 0 bridgehead atoms. The van der Waals surface area contributed by atoms with Crippen molar-refractivity contribution in [2.75, 3.05) is 5.32 Å². The number of nitrogens with one attached hydrogen (secondary N) is 1. The monoisotopic (exact) mass is 363 g/mol. The van der Waals surface area contributed by atoms with Gasteiger partial charge in [0.05, 0.1) is 11.4 Å². The molecule has 3 aromatic rings. The molecule has 1 N–H and O–H groups in total. The number of benzene rings is 2. The van der Waals surface area contributed by atoms with E-state index in [4.69, 9.17) is 5.10 Å². The summed E-state index contributed by atoms with van der Waals surface area (Å²) in [6.07, 6.45) is 0. The van der Waals surface area contributed by atoms with Crippen LogP contribution in [0, 0.1) is 20.8 Å². The van der Waals surface area contributed by atoms with Crippen LogP contribution in [-0.4, -0.2) is 15.7 Å². The second-order valence-corrected chi connectivity index (χ2v) is 7.72. The zero-order valence-electron chi connectivity index (χ0n) is 15.2. The summed E-state index contributed by atoms with van der Waals surface area (Å²) >= 11 is 1.83. The standard InChI is InChI=1S/C21H21N3OS/c1-13-8-9-19(15(3)10-13)24-20(17-11-26-12-18(17)23-24)22-21(25)16-7-5-4-6-14(16)2/h4-10H,11-12H2,1-3H3,(H,22,25). The normalized spacial score (nSPS) is 12.9. The molecule has 0 unspecified atom stereocenters. The average Bonchev–Trinajstić information content (AvgIpc) is 3.18. The molecule has 0 fully saturated rings. The molecule has 2 heterocycles. The Morgan fingerprint density at radius 1 is 1.08 bits per heavy atom. The zero-order chi connectivity index (χ0) is 18.3. The van der Waals surface area contributed by atoms with Gasteiger partial charge in [-0.05, 0) is 44.0 Å². The van der Waals surface area contributed by atoms with E-state index >= 15 is 0 Å². The van der Waals surface area contributed by atoms with E-state index in [9.17, 15) is 4.79 Å². The van der Waals surface area contributed by atoms with E-state index in [0.717, 1.165) is 45.4 Å². The third-order valence-electron chi connectivity index (χ3n) is 4.75. The summed E-state index contributed by atoms with van der Waals surface area (Å²) < 4.78 is 1.90. The predicted octanol–water partition coefficient (Wildman–Crippen LogP) is 4.80. The molecule has 1 aliphatic rings. The molecule has 26 heavy (non-hydrogen) atoms. The highest BCUT2D eigenvalue weighted by molar-refractivity contribution is 7.98. The highest BCUT2D eigenvalue weighted by Gasteiger charge is 2.25. The minimum Gasteiger partial charge on any atom is -0.306 e. The lowest BCUT2D eigenvalue weighted by Crippen LogP contribution is -2.17. The molecule has 0 atom stereocenters. The number of fused-ring (bicyclic) bond motifs is 1. The Morgan fingerprint density at radius 3 is 2.65 bits per heavy atom. The fourth-order valence-corrected chi connectivity index (χ4v) is 4.40. The van der Waals surface area contributed by atoms with Crippen molar-refractivity contribution < 1.29 is 4.79 Å². The van der Waals surface area contributed by atoms with E-state index in [1.165, 1.54) is 5.56 Å². The molecule has 1 aromatic heterocycles. The number of rotatable bonds is 3. The Hall–Kier alpha value is -2.53. The first-order valence-corrected chi connectivity index (χ1v) is 9.83. The highest BCUT2D eigenvalue weighted by Crippen LogP contribution is 2.36. The van der Waals surface area contributed by atoms with Gasteiger partial charge in [0.1, 0.15) is 5.82 Å². The van der Waals surface area contributed by atoms with Crippen molar-refractivity contribution in [3.63, 3.8) is 0 Å². The van der Waals surface area contributed by atoms with E-state index in [2.05, 4.69) is 37.4 Å². The van der Waals surface area contributed by atoms with Gasteiger partial charge in [0.25, 0.3) is 5.91 Å². The minimum atomic E-state index is -0.0892. The predicted molar refractivity (Wildman–Crippen MR) is 107 cm³/mol. The van der Waals surface area contributed by atoms with Gasteiger partial charge in [-0.2, -0.15) is 16.9 Å². The van der Waals surface area contributed by atoms with Gasteiger partial charge >= 0.3 is 0 Å². The van der Waals surface area contributed by atoms with Gasteiger partial charge in [-0.1, -0.05) is 35.9 Å². The molecule has 0 radical (unpaired) electrons. The number of nitrogens with zero attached hydrogens (tertiary/aromatic N) is 2. The van der Waals surface area contributed by atoms with E-state index in [1.54, 1.807) is 0 Å². The number of carbonyl (C=O) groups is 1. The van der Waals surface area contributed by atoms with Gasteiger partial charge in [0.2, 0.25) is 0 Å². The van der Waals surface area contributed by atoms with Crippen molar-refractivity contribution in [3.8, 4) is 5.69 Å². The second-order valence-electron chi connectivity index (χ2n) is 6.74. The third-order valence-corrected chi connectivity index (χ3v) is 5.72. The van der Waals surface area contributed by atoms with Gasteiger partial charge < -0.3 is 5.32 Å². The lowest BCUT2D eigenvalue weighted by atomic mass is 10.1. The van der Waals surface area contributed by atoms with E-state index < -0.39 is 0 Å². The third kappa shape index (κ3) is 2.92. The van der Waals surface area contributed by atoms with Gasteiger partial charge in [-0.25, -0.2) is 4.68 Å². The maximum atomic E-state index is 12.9. The van der Waals surface area contributed by atoms with Crippen LogP contribution in [0.4, 0.5) is 5.82 Å². The number of hydrogen-bond donors (Lipinski definition) is 1. The van der Waals surface area contributed by atoms with Crippen molar-refractivity contribution >= 4 is 23.5 Å². The average molecular weight is 363 g/mol. The van der Waals surface area contributed by atoms with Gasteiger partial charge in [-0.3, -0.25) is 4.79 Å².